The Labute approximate surface area is 164 Å². The van der Waals surface area contributed by atoms with E-state index in [0.29, 0.717) is 6.54 Å². The van der Waals surface area contributed by atoms with Gasteiger partial charge in [0.25, 0.3) is 5.91 Å². The van der Waals surface area contributed by atoms with Gasteiger partial charge in [-0.2, -0.15) is 13.2 Å². The van der Waals surface area contributed by atoms with Gasteiger partial charge in [0.2, 0.25) is 0 Å². The zero-order valence-corrected chi connectivity index (χ0v) is 15.6. The molecule has 0 saturated carbocycles. The Bertz CT molecular complexity index is 767. The number of carboxylic acid groups (broad SMARTS) is 2. The summed E-state index contributed by atoms with van der Waals surface area (Å²) >= 11 is 0. The molecule has 0 bridgehead atoms. The van der Waals surface area contributed by atoms with Crippen LogP contribution < -0.4 is 4.74 Å². The van der Waals surface area contributed by atoms with E-state index >= 15 is 0 Å². The summed E-state index contributed by atoms with van der Waals surface area (Å²) in [6.45, 7) is 3.41. The maximum absolute atomic E-state index is 12.8. The van der Waals surface area contributed by atoms with E-state index < -0.39 is 29.6 Å². The van der Waals surface area contributed by atoms with Crippen molar-refractivity contribution in [1.29, 1.82) is 0 Å². The standard InChI is InChI=1S/C16H19F3N2O2.C2H2O4/c1-20-10-12(5-8-21-6-2-7-21)23-14-4-3-11(16(17,18)19)9-13(14)15(20)22;3-1(4)2(5)6/h3-4,9,12H,2,5-8,10H2,1H3;(H,3,4)(H,5,6). The number of alkyl halides is 3. The Kier molecular flexibility index (Phi) is 7.07. The Morgan fingerprint density at radius 1 is 1.21 bits per heavy atom. The summed E-state index contributed by atoms with van der Waals surface area (Å²) in [5.41, 5.74) is -0.852. The van der Waals surface area contributed by atoms with Gasteiger partial charge in [0.05, 0.1) is 17.7 Å². The van der Waals surface area contributed by atoms with Crippen molar-refractivity contribution in [2.24, 2.45) is 0 Å². The number of carboxylic acids is 2. The van der Waals surface area contributed by atoms with E-state index in [1.165, 1.54) is 17.4 Å². The van der Waals surface area contributed by atoms with E-state index in [2.05, 4.69) is 4.90 Å². The van der Waals surface area contributed by atoms with E-state index in [-0.39, 0.29) is 17.4 Å². The summed E-state index contributed by atoms with van der Waals surface area (Å²) in [6, 6.07) is 3.10. The molecule has 160 valence electrons. The molecule has 11 heteroatoms. The predicted octanol–water partition coefficient (Wildman–Crippen LogP) is 1.79. The first kappa shape index (κ1) is 22.5. The van der Waals surface area contributed by atoms with Gasteiger partial charge in [0.15, 0.2) is 0 Å². The Hall–Kier alpha value is -2.82. The van der Waals surface area contributed by atoms with Crippen molar-refractivity contribution in [3.8, 4) is 5.75 Å². The number of halogens is 3. The quantitative estimate of drug-likeness (QED) is 0.721. The first-order valence-corrected chi connectivity index (χ1v) is 8.81. The van der Waals surface area contributed by atoms with Crippen molar-refractivity contribution < 1.29 is 42.5 Å². The zero-order valence-electron chi connectivity index (χ0n) is 15.6. The van der Waals surface area contributed by atoms with Crippen molar-refractivity contribution in [2.45, 2.75) is 25.1 Å². The van der Waals surface area contributed by atoms with Crippen molar-refractivity contribution >= 4 is 17.8 Å². The first-order chi connectivity index (χ1) is 13.5. The third kappa shape index (κ3) is 6.08. The molecule has 2 aliphatic heterocycles. The largest absolute Gasteiger partial charge is 0.488 e. The fourth-order valence-corrected chi connectivity index (χ4v) is 2.87. The Balaban J connectivity index is 0.000000438. The van der Waals surface area contributed by atoms with Crippen LogP contribution in [0.1, 0.15) is 28.8 Å². The van der Waals surface area contributed by atoms with Crippen LogP contribution in [0.3, 0.4) is 0 Å². The average molecular weight is 418 g/mol. The number of hydrogen-bond donors (Lipinski definition) is 2. The number of likely N-dealkylation sites (N-methyl/N-ethyl adjacent to an activating group) is 1. The number of ether oxygens (including phenoxy) is 1. The van der Waals surface area contributed by atoms with Crippen molar-refractivity contribution in [1.82, 2.24) is 9.80 Å². The Morgan fingerprint density at radius 2 is 1.83 bits per heavy atom. The molecule has 3 rings (SSSR count). The second-order valence-electron chi connectivity index (χ2n) is 6.73. The fraction of sp³-hybridized carbons (Fsp3) is 0.500. The molecule has 1 amide bonds. The number of rotatable bonds is 3. The van der Waals surface area contributed by atoms with Gasteiger partial charge in [0, 0.05) is 13.6 Å². The number of hydrogen-bond acceptors (Lipinski definition) is 5. The minimum Gasteiger partial charge on any atom is -0.488 e. The van der Waals surface area contributed by atoms with Crippen molar-refractivity contribution in [2.75, 3.05) is 33.2 Å². The molecule has 2 N–H and O–H groups in total. The molecule has 1 aromatic rings. The van der Waals surface area contributed by atoms with Crippen LogP contribution in [0.2, 0.25) is 0 Å². The monoisotopic (exact) mass is 418 g/mol. The number of likely N-dealkylation sites (tertiary alicyclic amines) is 1. The van der Waals surface area contributed by atoms with Gasteiger partial charge in [-0.1, -0.05) is 0 Å². The summed E-state index contributed by atoms with van der Waals surface area (Å²) in [6.07, 6.45) is -2.73. The lowest BCUT2D eigenvalue weighted by atomic mass is 10.1. The molecule has 1 fully saturated rings. The van der Waals surface area contributed by atoms with Gasteiger partial charge in [-0.05, 0) is 44.1 Å². The second kappa shape index (κ2) is 9.12. The molecule has 8 nitrogen and oxygen atoms in total. The van der Waals surface area contributed by atoms with Crippen LogP contribution in [0.4, 0.5) is 13.2 Å². The van der Waals surface area contributed by atoms with Crippen LogP contribution >= 0.6 is 0 Å². The van der Waals surface area contributed by atoms with Crippen LogP contribution in [0.15, 0.2) is 18.2 Å². The number of benzene rings is 1. The molecule has 2 heterocycles. The highest BCUT2D eigenvalue weighted by atomic mass is 19.4. The number of fused-ring (bicyclic) bond motifs is 1. The molecular weight excluding hydrogens is 397 g/mol. The normalized spacial score (nSPS) is 19.1. The molecule has 1 atom stereocenters. The number of amides is 1. The van der Waals surface area contributed by atoms with Crippen LogP contribution in [-0.2, 0) is 15.8 Å². The maximum atomic E-state index is 12.8. The van der Waals surface area contributed by atoms with E-state index in [1.54, 1.807) is 7.05 Å². The summed E-state index contributed by atoms with van der Waals surface area (Å²) < 4.78 is 44.4. The fourth-order valence-electron chi connectivity index (χ4n) is 2.87. The van der Waals surface area contributed by atoms with Crippen LogP contribution in [0.5, 0.6) is 5.75 Å². The van der Waals surface area contributed by atoms with Crippen LogP contribution in [-0.4, -0.2) is 77.2 Å². The topological polar surface area (TPSA) is 107 Å². The second-order valence-corrected chi connectivity index (χ2v) is 6.73. The third-order valence-electron chi connectivity index (χ3n) is 4.55. The summed E-state index contributed by atoms with van der Waals surface area (Å²) in [7, 11) is 1.59. The number of nitrogens with zero attached hydrogens (tertiary/aromatic N) is 2. The highest BCUT2D eigenvalue weighted by molar-refractivity contribution is 6.27. The van der Waals surface area contributed by atoms with E-state index in [4.69, 9.17) is 24.5 Å². The predicted molar refractivity (Wildman–Crippen MR) is 93.8 cm³/mol. The van der Waals surface area contributed by atoms with Crippen LogP contribution in [0.25, 0.3) is 0 Å². The van der Waals surface area contributed by atoms with Gasteiger partial charge in [-0.25, -0.2) is 9.59 Å². The summed E-state index contributed by atoms with van der Waals surface area (Å²) in [5.74, 6) is -3.84. The van der Waals surface area contributed by atoms with Crippen LogP contribution in [0, 0.1) is 0 Å². The summed E-state index contributed by atoms with van der Waals surface area (Å²) in [5, 5.41) is 14.8. The maximum Gasteiger partial charge on any atom is 0.416 e. The molecule has 0 radical (unpaired) electrons. The van der Waals surface area contributed by atoms with Crippen molar-refractivity contribution in [3.63, 3.8) is 0 Å². The minimum atomic E-state index is -4.48. The zero-order chi connectivity index (χ0) is 21.8. The highest BCUT2D eigenvalue weighted by Crippen LogP contribution is 2.34. The van der Waals surface area contributed by atoms with Gasteiger partial charge < -0.3 is 24.7 Å². The lowest BCUT2D eigenvalue weighted by molar-refractivity contribution is -0.159. The highest BCUT2D eigenvalue weighted by Gasteiger charge is 2.34. The third-order valence-corrected chi connectivity index (χ3v) is 4.55. The van der Waals surface area contributed by atoms with E-state index in [1.807, 2.05) is 0 Å². The minimum absolute atomic E-state index is 0.0197. The number of carbonyl (C=O) groups is 3. The van der Waals surface area contributed by atoms with Gasteiger partial charge in [-0.15, -0.1) is 0 Å². The smallest absolute Gasteiger partial charge is 0.416 e. The average Bonchev–Trinajstić information content (AvgIpc) is 2.70. The molecule has 1 aromatic carbocycles. The molecule has 1 unspecified atom stereocenters. The lowest BCUT2D eigenvalue weighted by Gasteiger charge is -2.32. The van der Waals surface area contributed by atoms with Gasteiger partial charge in [0.1, 0.15) is 11.9 Å². The number of carbonyl (C=O) groups excluding carboxylic acids is 1. The van der Waals surface area contributed by atoms with E-state index in [0.717, 1.165) is 38.2 Å². The molecule has 0 aliphatic carbocycles. The summed E-state index contributed by atoms with van der Waals surface area (Å²) in [4.78, 5) is 34.3. The molecule has 0 aromatic heterocycles. The molecule has 29 heavy (non-hydrogen) atoms. The van der Waals surface area contributed by atoms with Crippen molar-refractivity contribution in [3.05, 3.63) is 29.3 Å². The molecule has 1 saturated heterocycles. The lowest BCUT2D eigenvalue weighted by Crippen LogP contribution is -2.41. The molecule has 2 aliphatic rings. The van der Waals surface area contributed by atoms with E-state index in [9.17, 15) is 18.0 Å². The first-order valence-electron chi connectivity index (χ1n) is 8.81. The molecule has 0 spiro atoms. The molecular formula is C18H21F3N2O6. The van der Waals surface area contributed by atoms with Gasteiger partial charge in [-0.3, -0.25) is 4.79 Å². The Morgan fingerprint density at radius 3 is 2.31 bits per heavy atom. The SMILES string of the molecule is CN1CC(CCN2CCC2)Oc2ccc(C(F)(F)F)cc2C1=O.O=C(O)C(=O)O. The van der Waals surface area contributed by atoms with Gasteiger partial charge >= 0.3 is 18.1 Å². The number of aliphatic carboxylic acids is 2.